The van der Waals surface area contributed by atoms with E-state index in [1.807, 2.05) is 54.6 Å². The molecule has 0 bridgehead atoms. The number of hydrogen-bond donors (Lipinski definition) is 2. The quantitative estimate of drug-likeness (QED) is 0.270. The van der Waals surface area contributed by atoms with Gasteiger partial charge in [0.25, 0.3) is 0 Å². The minimum atomic E-state index is -0.444. The molecule has 0 radical (unpaired) electrons. The van der Waals surface area contributed by atoms with E-state index in [2.05, 4.69) is 5.32 Å². The van der Waals surface area contributed by atoms with E-state index < -0.39 is 6.04 Å². The van der Waals surface area contributed by atoms with Crippen LogP contribution in [-0.4, -0.2) is 41.9 Å². The number of hydrogen-bond acceptors (Lipinski definition) is 6. The van der Waals surface area contributed by atoms with Crippen molar-refractivity contribution in [3.63, 3.8) is 0 Å². The Morgan fingerprint density at radius 1 is 0.853 bits per heavy atom. The zero-order valence-corrected chi connectivity index (χ0v) is 20.1. The van der Waals surface area contributed by atoms with Crippen LogP contribution in [0.1, 0.15) is 62.1 Å². The molecule has 6 heteroatoms. The van der Waals surface area contributed by atoms with E-state index in [9.17, 15) is 14.4 Å². The van der Waals surface area contributed by atoms with Gasteiger partial charge in [0, 0.05) is 25.8 Å². The summed E-state index contributed by atoms with van der Waals surface area (Å²) < 4.78 is 5.25. The zero-order valence-electron chi connectivity index (χ0n) is 20.1. The van der Waals surface area contributed by atoms with Crippen molar-refractivity contribution in [3.05, 3.63) is 71.3 Å². The van der Waals surface area contributed by atoms with E-state index in [1.165, 1.54) is 0 Å². The van der Waals surface area contributed by atoms with Crippen LogP contribution in [-0.2, 0) is 38.5 Å². The van der Waals surface area contributed by atoms with Crippen LogP contribution in [0.4, 0.5) is 0 Å². The minimum Gasteiger partial charge on any atom is -0.465 e. The zero-order chi connectivity index (χ0) is 24.6. The SMILES string of the molecule is CCOC(=O)[C@H](Cc1ccccc1)NCc1cccc(CC(=O)CCCCCCC(=O)CO)c1. The Morgan fingerprint density at radius 3 is 2.18 bits per heavy atom. The minimum absolute atomic E-state index is 0.126. The molecule has 0 unspecified atom stereocenters. The Kier molecular flexibility index (Phi) is 12.8. The van der Waals surface area contributed by atoms with E-state index in [1.54, 1.807) is 6.92 Å². The number of unbranched alkanes of at least 4 members (excludes halogenated alkanes) is 3. The van der Waals surface area contributed by atoms with Gasteiger partial charge < -0.3 is 15.2 Å². The van der Waals surface area contributed by atoms with E-state index in [4.69, 9.17) is 9.84 Å². The molecule has 34 heavy (non-hydrogen) atoms. The fourth-order valence-corrected chi connectivity index (χ4v) is 3.82. The third-order valence-corrected chi connectivity index (χ3v) is 5.64. The lowest BCUT2D eigenvalue weighted by molar-refractivity contribution is -0.145. The first kappa shape index (κ1) is 27.4. The van der Waals surface area contributed by atoms with Crippen molar-refractivity contribution in [1.82, 2.24) is 5.32 Å². The summed E-state index contributed by atoms with van der Waals surface area (Å²) in [5, 5.41) is 12.0. The average molecular weight is 468 g/mol. The molecule has 0 aromatic heterocycles. The van der Waals surface area contributed by atoms with Crippen LogP contribution in [0.15, 0.2) is 54.6 Å². The molecule has 2 aromatic rings. The van der Waals surface area contributed by atoms with Crippen LogP contribution < -0.4 is 5.32 Å². The summed E-state index contributed by atoms with van der Waals surface area (Å²) in [6.45, 7) is 2.26. The first-order valence-corrected chi connectivity index (χ1v) is 12.2. The third-order valence-electron chi connectivity index (χ3n) is 5.64. The Labute approximate surface area is 202 Å². The molecule has 0 heterocycles. The van der Waals surface area contributed by atoms with Gasteiger partial charge in [-0.05, 0) is 42.9 Å². The summed E-state index contributed by atoms with van der Waals surface area (Å²) in [7, 11) is 0. The number of Topliss-reactive ketones (excluding diaryl/α,β-unsaturated/α-hetero) is 2. The molecular formula is C28H37NO5. The van der Waals surface area contributed by atoms with Gasteiger partial charge >= 0.3 is 5.97 Å². The number of carbonyl (C=O) groups is 3. The number of aliphatic hydroxyl groups is 1. The lowest BCUT2D eigenvalue weighted by atomic mass is 10.0. The van der Waals surface area contributed by atoms with Gasteiger partial charge in [-0.2, -0.15) is 0 Å². The molecule has 2 aromatic carbocycles. The van der Waals surface area contributed by atoms with Gasteiger partial charge in [0.2, 0.25) is 0 Å². The summed E-state index contributed by atoms with van der Waals surface area (Å²) in [5.41, 5.74) is 3.04. The predicted octanol–water partition coefficient (Wildman–Crippen LogP) is 3.96. The van der Waals surface area contributed by atoms with Crippen molar-refractivity contribution >= 4 is 17.5 Å². The average Bonchev–Trinajstić information content (AvgIpc) is 2.84. The molecule has 184 valence electrons. The standard InChI is InChI=1S/C28H37NO5/c1-2-34-28(33)27(19-22-11-6-5-7-12-22)29-20-24-14-10-13-23(17-24)18-25(31)15-8-3-4-9-16-26(32)21-30/h5-7,10-14,17,27,29-30H,2-4,8-9,15-16,18-21H2,1H3/t27-/m0/s1. The van der Waals surface area contributed by atoms with E-state index in [0.717, 1.165) is 42.4 Å². The molecule has 0 aliphatic heterocycles. The molecule has 0 saturated carbocycles. The van der Waals surface area contributed by atoms with Crippen LogP contribution in [0.2, 0.25) is 0 Å². The first-order valence-electron chi connectivity index (χ1n) is 12.2. The van der Waals surface area contributed by atoms with Gasteiger partial charge in [0.1, 0.15) is 18.4 Å². The molecule has 1 atom stereocenters. The molecule has 0 aliphatic rings. The van der Waals surface area contributed by atoms with Crippen molar-refractivity contribution in [2.24, 2.45) is 0 Å². The van der Waals surface area contributed by atoms with Crippen molar-refractivity contribution in [2.45, 2.75) is 70.9 Å². The highest BCUT2D eigenvalue weighted by atomic mass is 16.5. The summed E-state index contributed by atoms with van der Waals surface area (Å²) >= 11 is 0. The number of benzene rings is 2. The molecule has 2 rings (SSSR count). The van der Waals surface area contributed by atoms with Crippen molar-refractivity contribution in [3.8, 4) is 0 Å². The third kappa shape index (κ3) is 10.9. The second-order valence-electron chi connectivity index (χ2n) is 8.52. The molecule has 0 aliphatic carbocycles. The van der Waals surface area contributed by atoms with Crippen molar-refractivity contribution in [2.75, 3.05) is 13.2 Å². The highest BCUT2D eigenvalue weighted by Crippen LogP contribution is 2.12. The molecular weight excluding hydrogens is 430 g/mol. The Bertz CT molecular complexity index is 897. The summed E-state index contributed by atoms with van der Waals surface area (Å²) in [6.07, 6.45) is 5.25. The maximum absolute atomic E-state index is 12.4. The van der Waals surface area contributed by atoms with Crippen LogP contribution in [0, 0.1) is 0 Å². The molecule has 0 saturated heterocycles. The van der Waals surface area contributed by atoms with Gasteiger partial charge in [0.05, 0.1) is 6.61 Å². The monoisotopic (exact) mass is 467 g/mol. The first-order chi connectivity index (χ1) is 16.5. The maximum atomic E-state index is 12.4. The fraction of sp³-hybridized carbons (Fsp3) is 0.464. The normalized spacial score (nSPS) is 11.7. The highest BCUT2D eigenvalue weighted by Gasteiger charge is 2.19. The number of carbonyl (C=O) groups excluding carboxylic acids is 3. The second kappa shape index (κ2) is 15.9. The molecule has 6 nitrogen and oxygen atoms in total. The van der Waals surface area contributed by atoms with E-state index in [-0.39, 0.29) is 24.1 Å². The summed E-state index contributed by atoms with van der Waals surface area (Å²) in [4.78, 5) is 35.9. The summed E-state index contributed by atoms with van der Waals surface area (Å²) in [6, 6.07) is 17.3. The topological polar surface area (TPSA) is 92.7 Å². The number of nitrogens with one attached hydrogen (secondary N) is 1. The number of ether oxygens (including phenoxy) is 1. The molecule has 2 N–H and O–H groups in total. The Hall–Kier alpha value is -2.83. The Balaban J connectivity index is 1.81. The lowest BCUT2D eigenvalue weighted by Crippen LogP contribution is -2.39. The number of aliphatic hydroxyl groups excluding tert-OH is 1. The van der Waals surface area contributed by atoms with E-state index in [0.29, 0.717) is 38.8 Å². The predicted molar refractivity (Wildman–Crippen MR) is 132 cm³/mol. The fourth-order valence-electron chi connectivity index (χ4n) is 3.82. The van der Waals surface area contributed by atoms with Crippen molar-refractivity contribution in [1.29, 1.82) is 0 Å². The van der Waals surface area contributed by atoms with Gasteiger partial charge in [-0.15, -0.1) is 0 Å². The van der Waals surface area contributed by atoms with Crippen LogP contribution in [0.5, 0.6) is 0 Å². The van der Waals surface area contributed by atoms with Gasteiger partial charge in [-0.25, -0.2) is 0 Å². The van der Waals surface area contributed by atoms with Gasteiger partial charge in [-0.1, -0.05) is 67.4 Å². The maximum Gasteiger partial charge on any atom is 0.323 e. The molecule has 0 amide bonds. The summed E-state index contributed by atoms with van der Waals surface area (Å²) in [5.74, 6) is -0.192. The number of ketones is 2. The van der Waals surface area contributed by atoms with Crippen LogP contribution in [0.25, 0.3) is 0 Å². The molecule has 0 fully saturated rings. The van der Waals surface area contributed by atoms with Crippen LogP contribution in [0.3, 0.4) is 0 Å². The second-order valence-corrected chi connectivity index (χ2v) is 8.52. The van der Waals surface area contributed by atoms with Crippen molar-refractivity contribution < 1.29 is 24.2 Å². The van der Waals surface area contributed by atoms with Crippen LogP contribution >= 0.6 is 0 Å². The highest BCUT2D eigenvalue weighted by molar-refractivity contribution is 5.81. The lowest BCUT2D eigenvalue weighted by Gasteiger charge is -2.18. The van der Waals surface area contributed by atoms with Gasteiger partial charge in [-0.3, -0.25) is 14.4 Å². The smallest absolute Gasteiger partial charge is 0.323 e. The number of esters is 1. The number of rotatable bonds is 17. The largest absolute Gasteiger partial charge is 0.465 e. The van der Waals surface area contributed by atoms with E-state index >= 15 is 0 Å². The van der Waals surface area contributed by atoms with Gasteiger partial charge in [0.15, 0.2) is 5.78 Å². The Morgan fingerprint density at radius 2 is 1.50 bits per heavy atom. The molecule has 0 spiro atoms.